The molecule has 3 rings (SSSR count). The lowest BCUT2D eigenvalue weighted by molar-refractivity contribution is -0.108. The number of benzene rings is 1. The summed E-state index contributed by atoms with van der Waals surface area (Å²) in [6.07, 6.45) is 0.857. The quantitative estimate of drug-likeness (QED) is 0.570. The van der Waals surface area contributed by atoms with E-state index in [0.29, 0.717) is 23.3 Å². The zero-order valence-electron chi connectivity index (χ0n) is 15.1. The van der Waals surface area contributed by atoms with Gasteiger partial charge in [0.15, 0.2) is 5.75 Å². The van der Waals surface area contributed by atoms with Crippen molar-refractivity contribution in [1.29, 1.82) is 0 Å². The fourth-order valence-electron chi connectivity index (χ4n) is 3.07. The van der Waals surface area contributed by atoms with Crippen molar-refractivity contribution in [2.45, 2.75) is 26.1 Å². The second-order valence-corrected chi connectivity index (χ2v) is 6.90. The fourth-order valence-corrected chi connectivity index (χ4v) is 3.58. The number of rotatable bonds is 5. The van der Waals surface area contributed by atoms with Crippen LogP contribution in [0.25, 0.3) is 0 Å². The second kappa shape index (κ2) is 8.33. The monoisotopic (exact) mass is 424 g/mol. The number of hydrogen-bond acceptors (Lipinski definition) is 5. The largest absolute Gasteiger partial charge is 0.491 e. The van der Waals surface area contributed by atoms with Crippen molar-refractivity contribution in [3.8, 4) is 5.75 Å². The van der Waals surface area contributed by atoms with Crippen LogP contribution in [-0.2, 0) is 15.9 Å². The maximum atomic E-state index is 13.4. The molecule has 0 unspecified atom stereocenters. The summed E-state index contributed by atoms with van der Waals surface area (Å²) in [5.41, 5.74) is 4.25. The van der Waals surface area contributed by atoms with Gasteiger partial charge in [-0.05, 0) is 52.5 Å². The van der Waals surface area contributed by atoms with Crippen LogP contribution in [0.5, 0.6) is 5.75 Å². The first-order valence-electron chi connectivity index (χ1n) is 8.44. The summed E-state index contributed by atoms with van der Waals surface area (Å²) in [6, 6.07) is 4.81. The molecule has 1 aromatic heterocycles. The Morgan fingerprint density at radius 1 is 1.35 bits per heavy atom. The van der Waals surface area contributed by atoms with Gasteiger partial charge in [0.25, 0.3) is 0 Å². The van der Waals surface area contributed by atoms with Crippen molar-refractivity contribution >= 4 is 21.6 Å². The number of nitrogens with one attached hydrogen (secondary N) is 1. The molecule has 1 aliphatic heterocycles. The molecule has 1 N–H and O–H groups in total. The molecule has 1 aromatic carbocycles. The highest BCUT2D eigenvalue weighted by Gasteiger charge is 2.26. The Morgan fingerprint density at radius 3 is 2.81 bits per heavy atom. The van der Waals surface area contributed by atoms with Gasteiger partial charge in [0.05, 0.1) is 6.61 Å². The molecule has 0 amide bonds. The predicted molar refractivity (Wildman–Crippen MR) is 101 cm³/mol. The Morgan fingerprint density at radius 2 is 2.12 bits per heavy atom. The van der Waals surface area contributed by atoms with E-state index in [1.54, 1.807) is 20.3 Å². The first-order chi connectivity index (χ1) is 12.5. The average molecular weight is 425 g/mol. The van der Waals surface area contributed by atoms with Gasteiger partial charge < -0.3 is 19.5 Å². The van der Waals surface area contributed by atoms with Gasteiger partial charge in [0, 0.05) is 32.7 Å². The minimum absolute atomic E-state index is 0.237. The summed E-state index contributed by atoms with van der Waals surface area (Å²) in [4.78, 5) is 4.66. The molecule has 0 bridgehead atoms. The third-order valence-electron chi connectivity index (χ3n) is 4.42. The lowest BCUT2D eigenvalue weighted by atomic mass is 10.00. The molecule has 0 radical (unpaired) electrons. The van der Waals surface area contributed by atoms with E-state index in [0.717, 1.165) is 41.1 Å². The van der Waals surface area contributed by atoms with E-state index in [1.807, 2.05) is 6.92 Å². The van der Waals surface area contributed by atoms with Crippen molar-refractivity contribution in [1.82, 2.24) is 4.98 Å². The first-order valence-corrected chi connectivity index (χ1v) is 9.24. The molecule has 7 heteroatoms. The van der Waals surface area contributed by atoms with Gasteiger partial charge in [-0.25, -0.2) is 9.37 Å². The van der Waals surface area contributed by atoms with Crippen LogP contribution < -0.4 is 10.1 Å². The number of anilines is 1. The highest BCUT2D eigenvalue weighted by molar-refractivity contribution is 9.10. The van der Waals surface area contributed by atoms with Gasteiger partial charge in [0.1, 0.15) is 21.8 Å². The van der Waals surface area contributed by atoms with Crippen LogP contribution in [0.3, 0.4) is 0 Å². The lowest BCUT2D eigenvalue weighted by Gasteiger charge is -2.22. The van der Waals surface area contributed by atoms with Crippen LogP contribution in [0.2, 0.25) is 0 Å². The fraction of sp³-hybridized carbons (Fsp3) is 0.421. The molecule has 0 spiro atoms. The molecule has 0 atom stereocenters. The number of halogens is 2. The number of aryl methyl sites for hydroxylation is 1. The average Bonchev–Trinajstić information content (AvgIpc) is 2.87. The summed E-state index contributed by atoms with van der Waals surface area (Å²) >= 11 is 3.57. The van der Waals surface area contributed by atoms with Gasteiger partial charge in [0.2, 0.25) is 6.29 Å². The summed E-state index contributed by atoms with van der Waals surface area (Å²) in [6.45, 7) is 3.28. The van der Waals surface area contributed by atoms with Gasteiger partial charge in [-0.15, -0.1) is 0 Å². The van der Waals surface area contributed by atoms with Crippen molar-refractivity contribution in [3.63, 3.8) is 0 Å². The SMILES string of the molecule is COC(OC)c1nc(Br)c(Cc2ccc(F)cc2C)c2c1NCCCO2. The van der Waals surface area contributed by atoms with Crippen molar-refractivity contribution < 1.29 is 18.6 Å². The smallest absolute Gasteiger partial charge is 0.202 e. The predicted octanol–water partition coefficient (Wildman–Crippen LogP) is 4.37. The minimum Gasteiger partial charge on any atom is -0.491 e. The zero-order chi connectivity index (χ0) is 18.7. The minimum atomic E-state index is -0.601. The maximum absolute atomic E-state index is 13.4. The van der Waals surface area contributed by atoms with Gasteiger partial charge in [-0.3, -0.25) is 0 Å². The molecule has 140 valence electrons. The Balaban J connectivity index is 2.10. The van der Waals surface area contributed by atoms with Gasteiger partial charge >= 0.3 is 0 Å². The molecule has 2 heterocycles. The Hall–Kier alpha value is -1.70. The van der Waals surface area contributed by atoms with Crippen LogP contribution in [0, 0.1) is 12.7 Å². The standard InChI is InChI=1S/C19H22BrFN2O3/c1-11-9-13(21)6-5-12(11)10-14-17-15(22-7-4-8-26-17)16(23-18(14)20)19(24-2)25-3/h5-6,9,19,22H,4,7-8,10H2,1-3H3. The molecule has 2 aromatic rings. The van der Waals surface area contributed by atoms with E-state index in [4.69, 9.17) is 14.2 Å². The summed E-state index contributed by atoms with van der Waals surface area (Å²) in [5, 5.41) is 3.39. The number of aromatic nitrogens is 1. The van der Waals surface area contributed by atoms with E-state index in [9.17, 15) is 4.39 Å². The van der Waals surface area contributed by atoms with Crippen molar-refractivity contribution in [2.24, 2.45) is 0 Å². The third kappa shape index (κ3) is 3.84. The topological polar surface area (TPSA) is 52.6 Å². The molecule has 0 saturated carbocycles. The summed E-state index contributed by atoms with van der Waals surface area (Å²) < 4.78 is 30.9. The molecule has 0 saturated heterocycles. The van der Waals surface area contributed by atoms with Gasteiger partial charge in [-0.1, -0.05) is 6.07 Å². The highest BCUT2D eigenvalue weighted by Crippen LogP contribution is 2.41. The zero-order valence-corrected chi connectivity index (χ0v) is 16.7. The van der Waals surface area contributed by atoms with Crippen LogP contribution in [-0.4, -0.2) is 32.4 Å². The van der Waals surface area contributed by atoms with Crippen LogP contribution in [0.15, 0.2) is 22.8 Å². The number of methoxy groups -OCH3 is 2. The third-order valence-corrected chi connectivity index (χ3v) is 5.07. The number of hydrogen-bond donors (Lipinski definition) is 1. The van der Waals surface area contributed by atoms with Crippen LogP contribution in [0.4, 0.5) is 10.1 Å². The Bertz CT molecular complexity index is 797. The van der Waals surface area contributed by atoms with Crippen molar-refractivity contribution in [3.05, 3.63) is 51.0 Å². The molecular formula is C19H22BrFN2O3. The number of ether oxygens (including phenoxy) is 3. The molecule has 0 aliphatic carbocycles. The van der Waals surface area contributed by atoms with E-state index in [1.165, 1.54) is 12.1 Å². The lowest BCUT2D eigenvalue weighted by Crippen LogP contribution is -2.13. The molecule has 5 nitrogen and oxygen atoms in total. The van der Waals surface area contributed by atoms with Crippen LogP contribution >= 0.6 is 15.9 Å². The molecule has 0 fully saturated rings. The van der Waals surface area contributed by atoms with E-state index in [2.05, 4.69) is 26.2 Å². The number of pyridine rings is 1. The maximum Gasteiger partial charge on any atom is 0.202 e. The highest BCUT2D eigenvalue weighted by atomic mass is 79.9. The summed E-state index contributed by atoms with van der Waals surface area (Å²) in [7, 11) is 3.15. The first kappa shape index (κ1) is 19.1. The van der Waals surface area contributed by atoms with Gasteiger partial charge in [-0.2, -0.15) is 0 Å². The van der Waals surface area contributed by atoms with E-state index in [-0.39, 0.29) is 5.82 Å². The Kier molecular flexibility index (Phi) is 6.11. The van der Waals surface area contributed by atoms with Crippen LogP contribution in [0.1, 0.15) is 35.1 Å². The molecule has 1 aliphatic rings. The van der Waals surface area contributed by atoms with E-state index < -0.39 is 6.29 Å². The second-order valence-electron chi connectivity index (χ2n) is 6.15. The summed E-state index contributed by atoms with van der Waals surface area (Å²) in [5.74, 6) is 0.501. The van der Waals surface area contributed by atoms with Crippen molar-refractivity contribution in [2.75, 3.05) is 32.7 Å². The van der Waals surface area contributed by atoms with E-state index >= 15 is 0 Å². The molecule has 26 heavy (non-hydrogen) atoms. The number of fused-ring (bicyclic) bond motifs is 1. The Labute approximate surface area is 161 Å². The normalized spacial score (nSPS) is 13.8. The number of nitrogens with zero attached hydrogens (tertiary/aromatic N) is 1. The molecular weight excluding hydrogens is 403 g/mol.